The summed E-state index contributed by atoms with van der Waals surface area (Å²) in [6, 6.07) is 7.14. The van der Waals surface area contributed by atoms with Crippen molar-refractivity contribution in [1.82, 2.24) is 0 Å². The van der Waals surface area contributed by atoms with Crippen LogP contribution in [0.2, 0.25) is 0 Å². The molecule has 1 rings (SSSR count). The zero-order chi connectivity index (χ0) is 9.52. The molecule has 0 heterocycles. The van der Waals surface area contributed by atoms with Gasteiger partial charge in [-0.15, -0.1) is 0 Å². The molecule has 0 aliphatic carbocycles. The minimum Gasteiger partial charge on any atom is -0.493 e. The maximum Gasteiger partial charge on any atom is 0.237 e. The Morgan fingerprint density at radius 3 is 2.85 bits per heavy atom. The van der Waals surface area contributed by atoms with Crippen molar-refractivity contribution in [1.29, 1.82) is 0 Å². The highest BCUT2D eigenvalue weighted by Crippen LogP contribution is 2.15. The summed E-state index contributed by atoms with van der Waals surface area (Å²) in [6.45, 7) is 2.76. The van der Waals surface area contributed by atoms with Gasteiger partial charge in [0, 0.05) is 0 Å². The van der Waals surface area contributed by atoms with Crippen LogP contribution in [0, 0.1) is 0 Å². The largest absolute Gasteiger partial charge is 0.493 e. The molecule has 2 heteroatoms. The van der Waals surface area contributed by atoms with Crippen LogP contribution in [0.4, 0.5) is 0 Å². The lowest BCUT2D eigenvalue weighted by atomic mass is 10.2. The molecule has 0 atom stereocenters. The summed E-state index contributed by atoms with van der Waals surface area (Å²) in [7, 11) is 0. The second-order valence-electron chi connectivity index (χ2n) is 2.80. The van der Waals surface area contributed by atoms with Crippen LogP contribution >= 0.6 is 0 Å². The van der Waals surface area contributed by atoms with Gasteiger partial charge in [0.15, 0.2) is 0 Å². The summed E-state index contributed by atoms with van der Waals surface area (Å²) in [6.07, 6.45) is 3.94. The highest BCUT2D eigenvalue weighted by atomic mass is 16.5. The second-order valence-corrected chi connectivity index (χ2v) is 2.80. The SMILES string of the molecule is CCCCOc1ccccc1[C]=O. The van der Waals surface area contributed by atoms with E-state index in [0.29, 0.717) is 17.9 Å². The molecule has 0 fully saturated rings. The summed E-state index contributed by atoms with van der Waals surface area (Å²) in [5.41, 5.74) is 0.499. The number of unbranched alkanes of at least 4 members (excludes halogenated alkanes) is 1. The molecule has 0 aromatic heterocycles. The lowest BCUT2D eigenvalue weighted by Gasteiger charge is -2.06. The van der Waals surface area contributed by atoms with Crippen molar-refractivity contribution in [3.8, 4) is 5.75 Å². The number of hydrogen-bond donors (Lipinski definition) is 0. The first-order valence-electron chi connectivity index (χ1n) is 4.48. The number of ether oxygens (including phenoxy) is 1. The fourth-order valence-corrected chi connectivity index (χ4v) is 1.00. The molecule has 0 bridgehead atoms. The van der Waals surface area contributed by atoms with E-state index in [1.165, 1.54) is 0 Å². The molecule has 0 N–H and O–H groups in total. The summed E-state index contributed by atoms with van der Waals surface area (Å²) < 4.78 is 5.41. The van der Waals surface area contributed by atoms with Crippen molar-refractivity contribution in [2.45, 2.75) is 19.8 Å². The maximum absolute atomic E-state index is 10.5. The Bertz CT molecular complexity index is 269. The van der Waals surface area contributed by atoms with Gasteiger partial charge in [-0.1, -0.05) is 25.5 Å². The number of rotatable bonds is 5. The molecule has 0 aliphatic rings. The smallest absolute Gasteiger partial charge is 0.237 e. The van der Waals surface area contributed by atoms with Crippen LogP contribution in [0.1, 0.15) is 25.3 Å². The minimum atomic E-state index is 0.499. The lowest BCUT2D eigenvalue weighted by molar-refractivity contribution is 0.308. The molecule has 0 spiro atoms. The highest BCUT2D eigenvalue weighted by molar-refractivity contribution is 5.79. The first-order valence-corrected chi connectivity index (χ1v) is 4.48. The van der Waals surface area contributed by atoms with Crippen molar-refractivity contribution in [2.24, 2.45) is 0 Å². The lowest BCUT2D eigenvalue weighted by Crippen LogP contribution is -1.98. The second kappa shape index (κ2) is 5.36. The topological polar surface area (TPSA) is 26.3 Å². The van der Waals surface area contributed by atoms with Gasteiger partial charge in [0.2, 0.25) is 6.29 Å². The minimum absolute atomic E-state index is 0.499. The van der Waals surface area contributed by atoms with E-state index in [2.05, 4.69) is 6.92 Å². The summed E-state index contributed by atoms with van der Waals surface area (Å²) in [5.74, 6) is 0.631. The third kappa shape index (κ3) is 2.90. The van der Waals surface area contributed by atoms with E-state index in [0.717, 1.165) is 12.8 Å². The molecule has 0 saturated carbocycles. The van der Waals surface area contributed by atoms with Crippen LogP contribution in [0.3, 0.4) is 0 Å². The van der Waals surface area contributed by atoms with Gasteiger partial charge in [0.05, 0.1) is 12.2 Å². The molecule has 0 amide bonds. The summed E-state index contributed by atoms with van der Waals surface area (Å²) in [4.78, 5) is 10.5. The van der Waals surface area contributed by atoms with Crippen LogP contribution in [-0.4, -0.2) is 12.9 Å². The van der Waals surface area contributed by atoms with E-state index in [1.54, 1.807) is 18.2 Å². The third-order valence-corrected chi connectivity index (χ3v) is 1.75. The fourth-order valence-electron chi connectivity index (χ4n) is 1.00. The van der Waals surface area contributed by atoms with Gasteiger partial charge in [0.1, 0.15) is 5.75 Å². The number of benzene rings is 1. The zero-order valence-corrected chi connectivity index (χ0v) is 7.75. The van der Waals surface area contributed by atoms with Crippen molar-refractivity contribution in [3.05, 3.63) is 29.8 Å². The normalized spacial score (nSPS) is 9.62. The average Bonchev–Trinajstić information content (AvgIpc) is 2.19. The highest BCUT2D eigenvalue weighted by Gasteiger charge is 2.00. The molecule has 2 nitrogen and oxygen atoms in total. The van der Waals surface area contributed by atoms with Gasteiger partial charge < -0.3 is 4.74 Å². The summed E-state index contributed by atoms with van der Waals surface area (Å²) in [5, 5.41) is 0. The quantitative estimate of drug-likeness (QED) is 0.645. The zero-order valence-electron chi connectivity index (χ0n) is 7.75. The van der Waals surface area contributed by atoms with Crippen molar-refractivity contribution >= 4 is 6.29 Å². The molecule has 0 unspecified atom stereocenters. The predicted octanol–water partition coefficient (Wildman–Crippen LogP) is 2.32. The molecule has 69 valence electrons. The molecule has 0 saturated heterocycles. The van der Waals surface area contributed by atoms with E-state index in [1.807, 2.05) is 12.4 Å². The van der Waals surface area contributed by atoms with Crippen molar-refractivity contribution in [2.75, 3.05) is 6.61 Å². The Morgan fingerprint density at radius 1 is 1.38 bits per heavy atom. The Kier molecular flexibility index (Phi) is 4.03. The number of para-hydroxylation sites is 1. The fraction of sp³-hybridized carbons (Fsp3) is 0.364. The van der Waals surface area contributed by atoms with E-state index >= 15 is 0 Å². The van der Waals surface area contributed by atoms with E-state index in [9.17, 15) is 4.79 Å². The molecule has 1 radical (unpaired) electrons. The van der Waals surface area contributed by atoms with Gasteiger partial charge in [-0.05, 0) is 18.6 Å². The molecule has 13 heavy (non-hydrogen) atoms. The van der Waals surface area contributed by atoms with Crippen molar-refractivity contribution in [3.63, 3.8) is 0 Å². The number of hydrogen-bond acceptors (Lipinski definition) is 2. The van der Waals surface area contributed by atoms with Gasteiger partial charge in [0.25, 0.3) is 0 Å². The molecule has 1 aromatic rings. The Morgan fingerprint density at radius 2 is 2.15 bits per heavy atom. The first-order chi connectivity index (χ1) is 6.38. The summed E-state index contributed by atoms with van der Waals surface area (Å²) >= 11 is 0. The van der Waals surface area contributed by atoms with Crippen LogP contribution in [0.5, 0.6) is 5.75 Å². The molecular formula is C11H13O2. The third-order valence-electron chi connectivity index (χ3n) is 1.75. The van der Waals surface area contributed by atoms with Gasteiger partial charge in [-0.3, -0.25) is 4.79 Å². The Labute approximate surface area is 78.5 Å². The average molecular weight is 177 g/mol. The van der Waals surface area contributed by atoms with Crippen LogP contribution < -0.4 is 4.74 Å². The van der Waals surface area contributed by atoms with Crippen molar-refractivity contribution < 1.29 is 9.53 Å². The monoisotopic (exact) mass is 177 g/mol. The van der Waals surface area contributed by atoms with E-state index < -0.39 is 0 Å². The van der Waals surface area contributed by atoms with E-state index in [-0.39, 0.29) is 0 Å². The predicted molar refractivity (Wildman–Crippen MR) is 51.6 cm³/mol. The first kappa shape index (κ1) is 9.78. The maximum atomic E-state index is 10.5. The van der Waals surface area contributed by atoms with Gasteiger partial charge >= 0.3 is 0 Å². The Hall–Kier alpha value is -1.31. The van der Waals surface area contributed by atoms with Crippen LogP contribution in [0.15, 0.2) is 24.3 Å². The van der Waals surface area contributed by atoms with E-state index in [4.69, 9.17) is 4.74 Å². The van der Waals surface area contributed by atoms with Crippen LogP contribution in [-0.2, 0) is 4.79 Å². The molecule has 1 aromatic carbocycles. The standard InChI is InChI=1S/C11H13O2/c1-2-3-8-13-11-7-5-4-6-10(11)9-12/h4-7H,2-3,8H2,1H3. The molecule has 0 aliphatic heterocycles. The van der Waals surface area contributed by atoms with Crippen LogP contribution in [0.25, 0.3) is 0 Å². The Balaban J connectivity index is 2.59. The van der Waals surface area contributed by atoms with Gasteiger partial charge in [-0.25, -0.2) is 0 Å². The molecular weight excluding hydrogens is 164 g/mol. The number of carbonyl (C=O) groups excluding carboxylic acids is 1. The van der Waals surface area contributed by atoms with Gasteiger partial charge in [-0.2, -0.15) is 0 Å².